The average Bonchev–Trinajstić information content (AvgIpc) is 2.85. The van der Waals surface area contributed by atoms with Gasteiger partial charge in [-0.2, -0.15) is 0 Å². The highest BCUT2D eigenvalue weighted by Gasteiger charge is 2.50. The lowest BCUT2D eigenvalue weighted by molar-refractivity contribution is 0.0735. The van der Waals surface area contributed by atoms with Crippen LogP contribution in [0, 0.1) is 0 Å². The summed E-state index contributed by atoms with van der Waals surface area (Å²) < 4.78 is 28.5. The number of carbonyl (C=O) groups is 1. The Bertz CT molecular complexity index is 646. The van der Waals surface area contributed by atoms with Crippen LogP contribution in [0.15, 0.2) is 10.6 Å². The standard InChI is InChI=1S/C12H14N2O4S/c15-12(10-4-11(18-13-10)7-1-2-7)14-5-9-3-8(14)6-19(9,16)17/h4,7-9H,1-3,5-6H2. The summed E-state index contributed by atoms with van der Waals surface area (Å²) in [5.41, 5.74) is 0.312. The summed E-state index contributed by atoms with van der Waals surface area (Å²) in [5.74, 6) is 1.10. The predicted octanol–water partition coefficient (Wildman–Crippen LogP) is 0.563. The highest BCUT2D eigenvalue weighted by Crippen LogP contribution is 2.40. The molecule has 19 heavy (non-hydrogen) atoms. The minimum absolute atomic E-state index is 0.0940. The summed E-state index contributed by atoms with van der Waals surface area (Å²) in [6.45, 7) is 0.303. The number of hydrogen-bond acceptors (Lipinski definition) is 5. The van der Waals surface area contributed by atoms with Crippen LogP contribution < -0.4 is 0 Å². The molecule has 2 unspecified atom stereocenters. The molecule has 2 aliphatic heterocycles. The van der Waals surface area contributed by atoms with Crippen molar-refractivity contribution < 1.29 is 17.7 Å². The Labute approximate surface area is 110 Å². The second-order valence-corrected chi connectivity index (χ2v) is 8.01. The number of fused-ring (bicyclic) bond motifs is 2. The molecule has 1 aliphatic carbocycles. The molecule has 0 radical (unpaired) electrons. The molecule has 4 rings (SSSR count). The summed E-state index contributed by atoms with van der Waals surface area (Å²) in [7, 11) is -2.97. The van der Waals surface area contributed by atoms with E-state index in [0.29, 0.717) is 24.6 Å². The maximum atomic E-state index is 12.3. The number of sulfone groups is 1. The van der Waals surface area contributed by atoms with Gasteiger partial charge in [-0.25, -0.2) is 8.42 Å². The van der Waals surface area contributed by atoms with Gasteiger partial charge in [0, 0.05) is 24.6 Å². The SMILES string of the molecule is O=C(c1cc(C2CC2)on1)N1CC2CC1CS2(=O)=O. The van der Waals surface area contributed by atoms with Crippen molar-refractivity contribution in [2.75, 3.05) is 12.3 Å². The molecule has 3 aliphatic rings. The third-order valence-electron chi connectivity index (χ3n) is 4.30. The van der Waals surface area contributed by atoms with E-state index in [2.05, 4.69) is 5.16 Å². The summed E-state index contributed by atoms with van der Waals surface area (Å²) in [6, 6.07) is 1.53. The van der Waals surface area contributed by atoms with Gasteiger partial charge in [-0.15, -0.1) is 0 Å². The maximum Gasteiger partial charge on any atom is 0.276 e. The van der Waals surface area contributed by atoms with E-state index in [-0.39, 0.29) is 23.0 Å². The van der Waals surface area contributed by atoms with Crippen LogP contribution in [0.5, 0.6) is 0 Å². The highest BCUT2D eigenvalue weighted by molar-refractivity contribution is 7.92. The van der Waals surface area contributed by atoms with Crippen molar-refractivity contribution in [2.24, 2.45) is 0 Å². The van der Waals surface area contributed by atoms with E-state index in [0.717, 1.165) is 18.6 Å². The molecular formula is C12H14N2O4S. The van der Waals surface area contributed by atoms with Crippen molar-refractivity contribution in [3.05, 3.63) is 17.5 Å². The molecule has 1 amide bonds. The van der Waals surface area contributed by atoms with Crippen LogP contribution in [0.4, 0.5) is 0 Å². The number of aromatic nitrogens is 1. The Morgan fingerprint density at radius 3 is 2.79 bits per heavy atom. The fourth-order valence-electron chi connectivity index (χ4n) is 3.04. The third kappa shape index (κ3) is 1.71. The lowest BCUT2D eigenvalue weighted by Gasteiger charge is -2.25. The zero-order valence-electron chi connectivity index (χ0n) is 10.3. The quantitative estimate of drug-likeness (QED) is 0.792. The van der Waals surface area contributed by atoms with Crippen molar-refractivity contribution in [1.29, 1.82) is 0 Å². The first kappa shape index (κ1) is 11.5. The van der Waals surface area contributed by atoms with Gasteiger partial charge < -0.3 is 9.42 Å². The van der Waals surface area contributed by atoms with E-state index in [9.17, 15) is 13.2 Å². The van der Waals surface area contributed by atoms with Crippen LogP contribution in [0.2, 0.25) is 0 Å². The third-order valence-corrected chi connectivity index (χ3v) is 6.50. The number of nitrogens with zero attached hydrogens (tertiary/aromatic N) is 2. The van der Waals surface area contributed by atoms with Gasteiger partial charge in [0.15, 0.2) is 15.5 Å². The number of carbonyl (C=O) groups excluding carboxylic acids is 1. The van der Waals surface area contributed by atoms with Gasteiger partial charge in [0.05, 0.1) is 11.0 Å². The average molecular weight is 282 g/mol. The second kappa shape index (κ2) is 3.59. The molecule has 1 aromatic heterocycles. The molecule has 1 saturated carbocycles. The molecule has 1 aromatic rings. The van der Waals surface area contributed by atoms with Gasteiger partial charge in [0.1, 0.15) is 5.76 Å². The lowest BCUT2D eigenvalue weighted by atomic mass is 10.2. The molecule has 0 aromatic carbocycles. The second-order valence-electron chi connectivity index (χ2n) is 5.69. The molecule has 3 fully saturated rings. The minimum Gasteiger partial charge on any atom is -0.360 e. The molecule has 2 saturated heterocycles. The molecule has 0 N–H and O–H groups in total. The van der Waals surface area contributed by atoms with E-state index in [1.807, 2.05) is 0 Å². The van der Waals surface area contributed by atoms with Crippen molar-refractivity contribution in [1.82, 2.24) is 10.1 Å². The van der Waals surface area contributed by atoms with E-state index in [1.54, 1.807) is 11.0 Å². The van der Waals surface area contributed by atoms with Gasteiger partial charge in [-0.3, -0.25) is 4.79 Å². The van der Waals surface area contributed by atoms with Crippen LogP contribution >= 0.6 is 0 Å². The van der Waals surface area contributed by atoms with E-state index in [4.69, 9.17) is 4.52 Å². The van der Waals surface area contributed by atoms with Crippen LogP contribution in [0.1, 0.15) is 41.4 Å². The Morgan fingerprint density at radius 1 is 1.42 bits per heavy atom. The molecule has 3 heterocycles. The largest absolute Gasteiger partial charge is 0.360 e. The summed E-state index contributed by atoms with van der Waals surface area (Å²) in [5, 5.41) is 3.45. The molecule has 102 valence electrons. The lowest BCUT2D eigenvalue weighted by Crippen LogP contribution is -2.44. The van der Waals surface area contributed by atoms with Gasteiger partial charge >= 0.3 is 0 Å². The van der Waals surface area contributed by atoms with Gasteiger partial charge in [-0.1, -0.05) is 5.16 Å². The molecule has 2 atom stereocenters. The van der Waals surface area contributed by atoms with Crippen LogP contribution in [0.3, 0.4) is 0 Å². The van der Waals surface area contributed by atoms with E-state index >= 15 is 0 Å². The summed E-state index contributed by atoms with van der Waals surface area (Å²) in [4.78, 5) is 14.0. The Kier molecular flexibility index (Phi) is 2.17. The Balaban J connectivity index is 1.55. The molecule has 7 heteroatoms. The van der Waals surface area contributed by atoms with E-state index in [1.165, 1.54) is 0 Å². The fraction of sp³-hybridized carbons (Fsp3) is 0.667. The predicted molar refractivity (Wildman–Crippen MR) is 65.5 cm³/mol. The fourth-order valence-corrected chi connectivity index (χ4v) is 5.07. The molecule has 6 nitrogen and oxygen atoms in total. The van der Waals surface area contributed by atoms with Crippen molar-refractivity contribution in [3.8, 4) is 0 Å². The zero-order chi connectivity index (χ0) is 13.2. The van der Waals surface area contributed by atoms with Gasteiger partial charge in [-0.05, 0) is 19.3 Å². The van der Waals surface area contributed by atoms with Crippen molar-refractivity contribution >= 4 is 15.7 Å². The molecular weight excluding hydrogens is 268 g/mol. The monoisotopic (exact) mass is 282 g/mol. The number of rotatable bonds is 2. The maximum absolute atomic E-state index is 12.3. The minimum atomic E-state index is -2.97. The zero-order valence-corrected chi connectivity index (χ0v) is 11.1. The van der Waals surface area contributed by atoms with Gasteiger partial charge in [0.25, 0.3) is 5.91 Å². The summed E-state index contributed by atoms with van der Waals surface area (Å²) in [6.07, 6.45) is 2.76. The Hall–Kier alpha value is -1.37. The first-order chi connectivity index (χ1) is 9.04. The number of likely N-dealkylation sites (tertiary alicyclic amines) is 1. The smallest absolute Gasteiger partial charge is 0.276 e. The first-order valence-electron chi connectivity index (χ1n) is 6.54. The normalized spacial score (nSPS) is 31.9. The Morgan fingerprint density at radius 2 is 2.21 bits per heavy atom. The van der Waals surface area contributed by atoms with Crippen molar-refractivity contribution in [3.63, 3.8) is 0 Å². The highest BCUT2D eigenvalue weighted by atomic mass is 32.2. The van der Waals surface area contributed by atoms with Crippen LogP contribution in [-0.4, -0.2) is 48.0 Å². The van der Waals surface area contributed by atoms with Crippen LogP contribution in [-0.2, 0) is 9.84 Å². The van der Waals surface area contributed by atoms with E-state index < -0.39 is 9.84 Å². The summed E-state index contributed by atoms with van der Waals surface area (Å²) >= 11 is 0. The number of amides is 1. The first-order valence-corrected chi connectivity index (χ1v) is 8.25. The molecule has 2 bridgehead atoms. The number of hydrogen-bond donors (Lipinski definition) is 0. The topological polar surface area (TPSA) is 80.5 Å². The van der Waals surface area contributed by atoms with Crippen LogP contribution in [0.25, 0.3) is 0 Å². The van der Waals surface area contributed by atoms with Crippen molar-refractivity contribution in [2.45, 2.75) is 36.5 Å². The van der Waals surface area contributed by atoms with Gasteiger partial charge in [0.2, 0.25) is 0 Å². The molecule has 0 spiro atoms.